The Labute approximate surface area is 126 Å². The number of hydrogen-bond acceptors (Lipinski definition) is 6. The van der Waals surface area contributed by atoms with Gasteiger partial charge in [-0.15, -0.1) is 16.8 Å². The van der Waals surface area contributed by atoms with Crippen LogP contribution >= 0.6 is 11.8 Å². The lowest BCUT2D eigenvalue weighted by molar-refractivity contribution is -0.118. The molecule has 1 N–H and O–H groups in total. The number of rotatable bonds is 7. The van der Waals surface area contributed by atoms with Gasteiger partial charge in [0.1, 0.15) is 6.04 Å². The van der Waals surface area contributed by atoms with E-state index in [9.17, 15) is 4.79 Å². The van der Waals surface area contributed by atoms with E-state index in [0.29, 0.717) is 17.7 Å². The average molecular weight is 307 g/mol. The smallest absolute Gasteiger partial charge is 0.277 e. The molecule has 8 heteroatoms. The quantitative estimate of drug-likeness (QED) is 0.617. The van der Waals surface area contributed by atoms with Crippen molar-refractivity contribution in [1.29, 1.82) is 0 Å². The largest absolute Gasteiger partial charge is 0.414 e. The van der Waals surface area contributed by atoms with Gasteiger partial charge < -0.3 is 9.73 Å². The molecular weight excluding hydrogens is 290 g/mol. The van der Waals surface area contributed by atoms with Gasteiger partial charge in [0.25, 0.3) is 5.22 Å². The van der Waals surface area contributed by atoms with Crippen molar-refractivity contribution in [1.82, 2.24) is 25.3 Å². The van der Waals surface area contributed by atoms with Crippen molar-refractivity contribution >= 4 is 17.7 Å². The van der Waals surface area contributed by atoms with Gasteiger partial charge in [-0.2, -0.15) is 5.10 Å². The lowest BCUT2D eigenvalue weighted by atomic mass is 10.3. The van der Waals surface area contributed by atoms with E-state index >= 15 is 0 Å². The van der Waals surface area contributed by atoms with Gasteiger partial charge in [0, 0.05) is 12.7 Å². The van der Waals surface area contributed by atoms with Crippen molar-refractivity contribution < 1.29 is 9.21 Å². The molecule has 7 nitrogen and oxygen atoms in total. The van der Waals surface area contributed by atoms with E-state index in [4.69, 9.17) is 4.42 Å². The molecule has 112 valence electrons. The van der Waals surface area contributed by atoms with Crippen LogP contribution in [0.3, 0.4) is 0 Å². The second kappa shape index (κ2) is 7.07. The highest BCUT2D eigenvalue weighted by Gasteiger charge is 2.17. The molecule has 1 atom stereocenters. The van der Waals surface area contributed by atoms with Crippen molar-refractivity contribution in [2.75, 3.05) is 12.3 Å². The van der Waals surface area contributed by atoms with Crippen LogP contribution in [0.5, 0.6) is 0 Å². The molecule has 2 heterocycles. The number of hydrogen-bond donors (Lipinski definition) is 1. The minimum Gasteiger partial charge on any atom is -0.414 e. The molecule has 0 radical (unpaired) electrons. The predicted molar refractivity (Wildman–Crippen MR) is 79.0 cm³/mol. The van der Waals surface area contributed by atoms with Gasteiger partial charge in [-0.3, -0.25) is 9.48 Å². The maximum absolute atomic E-state index is 11.5. The van der Waals surface area contributed by atoms with Crippen LogP contribution in [0, 0.1) is 6.92 Å². The summed E-state index contributed by atoms with van der Waals surface area (Å²) in [5.41, 5.74) is 0.926. The summed E-state index contributed by atoms with van der Waals surface area (Å²) in [5.74, 6) is 0.590. The van der Waals surface area contributed by atoms with E-state index in [2.05, 4.69) is 27.2 Å². The summed E-state index contributed by atoms with van der Waals surface area (Å²) in [6.45, 7) is 7.82. The molecule has 1 unspecified atom stereocenters. The molecule has 2 aromatic rings. The van der Waals surface area contributed by atoms with Crippen molar-refractivity contribution in [3.8, 4) is 0 Å². The normalized spacial score (nSPS) is 12.1. The summed E-state index contributed by atoms with van der Waals surface area (Å²) in [6.07, 6.45) is 3.49. The van der Waals surface area contributed by atoms with Crippen LogP contribution < -0.4 is 5.32 Å². The predicted octanol–water partition coefficient (Wildman–Crippen LogP) is 1.58. The monoisotopic (exact) mass is 307 g/mol. The number of amides is 1. The number of nitrogens with zero attached hydrogens (tertiary/aromatic N) is 4. The fourth-order valence-electron chi connectivity index (χ4n) is 1.57. The molecule has 0 spiro atoms. The molecular formula is C13H17N5O2S. The van der Waals surface area contributed by atoms with Gasteiger partial charge in [-0.05, 0) is 19.9 Å². The third kappa shape index (κ3) is 4.19. The number of carbonyl (C=O) groups is 1. The Kier molecular flexibility index (Phi) is 5.15. The molecule has 0 aliphatic rings. The van der Waals surface area contributed by atoms with E-state index in [0.717, 1.165) is 5.69 Å². The first-order chi connectivity index (χ1) is 10.1. The van der Waals surface area contributed by atoms with Crippen LogP contribution in [-0.2, 0) is 4.79 Å². The fourth-order valence-corrected chi connectivity index (χ4v) is 2.17. The van der Waals surface area contributed by atoms with E-state index in [1.54, 1.807) is 10.8 Å². The number of aromatic nitrogens is 4. The number of carbonyl (C=O) groups excluding carboxylic acids is 1. The minimum absolute atomic E-state index is 0.101. The molecule has 0 aliphatic heterocycles. The third-order valence-electron chi connectivity index (χ3n) is 2.69. The van der Waals surface area contributed by atoms with Gasteiger partial charge >= 0.3 is 0 Å². The maximum Gasteiger partial charge on any atom is 0.277 e. The average Bonchev–Trinajstić information content (AvgIpc) is 3.11. The Balaban J connectivity index is 1.92. The summed E-state index contributed by atoms with van der Waals surface area (Å²) in [4.78, 5) is 11.5. The van der Waals surface area contributed by atoms with Crippen LogP contribution in [-0.4, -0.2) is 38.2 Å². The van der Waals surface area contributed by atoms with Crippen molar-refractivity contribution in [3.05, 3.63) is 36.5 Å². The second-order valence-electron chi connectivity index (χ2n) is 4.40. The SMILES string of the molecule is C=CCNC(=O)CSc1nnc(C(C)n2ccc(C)n2)o1. The molecule has 21 heavy (non-hydrogen) atoms. The third-order valence-corrected chi connectivity index (χ3v) is 3.51. The van der Waals surface area contributed by atoms with Gasteiger partial charge in [0.05, 0.1) is 11.4 Å². The van der Waals surface area contributed by atoms with Crippen molar-refractivity contribution in [2.45, 2.75) is 25.1 Å². The summed E-state index contributed by atoms with van der Waals surface area (Å²) in [7, 11) is 0. The number of thioether (sulfide) groups is 1. The standard InChI is InChI=1S/C13H17N5O2S/c1-4-6-14-11(19)8-21-13-16-15-12(20-13)10(3)18-7-5-9(2)17-18/h4-5,7,10H,1,6,8H2,2-3H3,(H,14,19). The minimum atomic E-state index is -0.143. The zero-order chi connectivity index (χ0) is 15.2. The number of aryl methyl sites for hydroxylation is 1. The van der Waals surface area contributed by atoms with E-state index in [1.807, 2.05) is 26.1 Å². The lowest BCUT2D eigenvalue weighted by Crippen LogP contribution is -2.24. The summed E-state index contributed by atoms with van der Waals surface area (Å²) in [5, 5.41) is 15.3. The Hall–Kier alpha value is -2.09. The van der Waals surface area contributed by atoms with Crippen molar-refractivity contribution in [2.24, 2.45) is 0 Å². The van der Waals surface area contributed by atoms with Crippen LogP contribution in [0.25, 0.3) is 0 Å². The van der Waals surface area contributed by atoms with Gasteiger partial charge in [-0.25, -0.2) is 0 Å². The molecule has 0 aliphatic carbocycles. The van der Waals surface area contributed by atoms with Crippen molar-refractivity contribution in [3.63, 3.8) is 0 Å². The first kappa shape index (κ1) is 15.3. The molecule has 2 aromatic heterocycles. The van der Waals surface area contributed by atoms with Gasteiger partial charge in [-0.1, -0.05) is 17.8 Å². The molecule has 1 amide bonds. The Morgan fingerprint density at radius 3 is 3.10 bits per heavy atom. The molecule has 0 aromatic carbocycles. The van der Waals surface area contributed by atoms with Crippen LogP contribution in [0.1, 0.15) is 24.6 Å². The highest BCUT2D eigenvalue weighted by Crippen LogP contribution is 2.21. The van der Waals surface area contributed by atoms with E-state index < -0.39 is 0 Å². The first-order valence-electron chi connectivity index (χ1n) is 6.45. The van der Waals surface area contributed by atoms with Gasteiger partial charge in [0.15, 0.2) is 0 Å². The van der Waals surface area contributed by atoms with Gasteiger partial charge in [0.2, 0.25) is 11.8 Å². The van der Waals surface area contributed by atoms with Crippen LogP contribution in [0.15, 0.2) is 34.6 Å². The van der Waals surface area contributed by atoms with Crippen LogP contribution in [0.2, 0.25) is 0 Å². The Morgan fingerprint density at radius 1 is 1.62 bits per heavy atom. The summed E-state index contributed by atoms with van der Waals surface area (Å²) >= 11 is 1.20. The van der Waals surface area contributed by atoms with E-state index in [1.165, 1.54) is 11.8 Å². The second-order valence-corrected chi connectivity index (χ2v) is 5.33. The van der Waals surface area contributed by atoms with Crippen LogP contribution in [0.4, 0.5) is 0 Å². The highest BCUT2D eigenvalue weighted by molar-refractivity contribution is 7.99. The zero-order valence-electron chi connectivity index (χ0n) is 11.9. The summed E-state index contributed by atoms with van der Waals surface area (Å²) < 4.78 is 7.30. The summed E-state index contributed by atoms with van der Waals surface area (Å²) in [6, 6.07) is 1.77. The Morgan fingerprint density at radius 2 is 2.43 bits per heavy atom. The Bertz CT molecular complexity index is 622. The lowest BCUT2D eigenvalue weighted by Gasteiger charge is -2.06. The highest BCUT2D eigenvalue weighted by atomic mass is 32.2. The zero-order valence-corrected chi connectivity index (χ0v) is 12.8. The number of nitrogens with one attached hydrogen (secondary N) is 1. The fraction of sp³-hybridized carbons (Fsp3) is 0.385. The van der Waals surface area contributed by atoms with E-state index in [-0.39, 0.29) is 17.7 Å². The molecule has 0 saturated carbocycles. The molecule has 0 saturated heterocycles. The molecule has 0 bridgehead atoms. The topological polar surface area (TPSA) is 85.8 Å². The maximum atomic E-state index is 11.5. The first-order valence-corrected chi connectivity index (χ1v) is 7.44. The molecule has 0 fully saturated rings. The molecule has 2 rings (SSSR count).